The van der Waals surface area contributed by atoms with E-state index < -0.39 is 11.9 Å². The third-order valence-corrected chi connectivity index (χ3v) is 3.45. The highest BCUT2D eigenvalue weighted by Gasteiger charge is 2.14. The average molecular weight is 265 g/mol. The molecule has 2 aromatic rings. The molecule has 0 aliphatic heterocycles. The molecule has 0 saturated heterocycles. The molecule has 0 aliphatic rings. The summed E-state index contributed by atoms with van der Waals surface area (Å²) in [6.07, 6.45) is 0.398. The number of carboxylic acids is 1. The molecule has 1 aromatic carbocycles. The van der Waals surface area contributed by atoms with Gasteiger partial charge in [0.15, 0.2) is 0 Å². The van der Waals surface area contributed by atoms with E-state index in [1.54, 1.807) is 19.1 Å². The van der Waals surface area contributed by atoms with Crippen LogP contribution in [-0.4, -0.2) is 16.1 Å². The summed E-state index contributed by atoms with van der Waals surface area (Å²) in [7, 11) is 0. The van der Waals surface area contributed by atoms with Crippen LogP contribution in [0.1, 0.15) is 11.9 Å². The van der Waals surface area contributed by atoms with Gasteiger partial charge in [-0.1, -0.05) is 19.1 Å². The summed E-state index contributed by atoms with van der Waals surface area (Å²) in [6, 6.07) is 6.20. The molecule has 94 valence electrons. The van der Waals surface area contributed by atoms with Crippen LogP contribution in [0.2, 0.25) is 0 Å². The van der Waals surface area contributed by atoms with Gasteiger partial charge in [-0.25, -0.2) is 9.37 Å². The Bertz CT molecular complexity index is 568. The van der Waals surface area contributed by atoms with Crippen LogP contribution in [0.3, 0.4) is 0 Å². The van der Waals surface area contributed by atoms with Gasteiger partial charge in [-0.05, 0) is 12.1 Å². The number of hydrogen-bond acceptors (Lipinski definition) is 3. The molecule has 0 aliphatic carbocycles. The summed E-state index contributed by atoms with van der Waals surface area (Å²) in [5.41, 5.74) is 1.40. The predicted molar refractivity (Wildman–Crippen MR) is 68.0 cm³/mol. The van der Waals surface area contributed by atoms with Crippen molar-refractivity contribution in [2.24, 2.45) is 5.92 Å². The quantitative estimate of drug-likeness (QED) is 0.923. The fraction of sp³-hybridized carbons (Fsp3) is 0.231. The van der Waals surface area contributed by atoms with Gasteiger partial charge in [-0.2, -0.15) is 0 Å². The van der Waals surface area contributed by atoms with Crippen LogP contribution in [0.5, 0.6) is 0 Å². The van der Waals surface area contributed by atoms with E-state index in [1.807, 2.05) is 5.38 Å². The fourth-order valence-electron chi connectivity index (χ4n) is 1.53. The number of carboxylic acid groups (broad SMARTS) is 1. The standard InChI is InChI=1S/C13H12FNO2S/c1-8(13(16)17)5-12-15-11(7-18-12)9-3-2-4-10(14)6-9/h2-4,6-8H,5H2,1H3,(H,16,17). The summed E-state index contributed by atoms with van der Waals surface area (Å²) < 4.78 is 13.1. The van der Waals surface area contributed by atoms with Crippen molar-refractivity contribution in [2.75, 3.05) is 0 Å². The molecule has 0 radical (unpaired) electrons. The number of carbonyl (C=O) groups is 1. The highest BCUT2D eigenvalue weighted by atomic mass is 32.1. The van der Waals surface area contributed by atoms with Crippen LogP contribution < -0.4 is 0 Å². The Morgan fingerprint density at radius 1 is 1.56 bits per heavy atom. The number of halogens is 1. The zero-order valence-electron chi connectivity index (χ0n) is 9.76. The van der Waals surface area contributed by atoms with Crippen LogP contribution in [0.25, 0.3) is 11.3 Å². The van der Waals surface area contributed by atoms with Crippen molar-refractivity contribution in [1.82, 2.24) is 4.98 Å². The van der Waals surface area contributed by atoms with Crippen molar-refractivity contribution in [3.63, 3.8) is 0 Å². The van der Waals surface area contributed by atoms with Gasteiger partial charge in [-0.3, -0.25) is 4.79 Å². The number of hydrogen-bond donors (Lipinski definition) is 1. The van der Waals surface area contributed by atoms with Crippen molar-refractivity contribution in [3.05, 3.63) is 40.5 Å². The molecule has 0 saturated carbocycles. The zero-order chi connectivity index (χ0) is 13.1. The van der Waals surface area contributed by atoms with Crippen molar-refractivity contribution >= 4 is 17.3 Å². The Hall–Kier alpha value is -1.75. The molecular weight excluding hydrogens is 253 g/mol. The zero-order valence-corrected chi connectivity index (χ0v) is 10.6. The molecule has 3 nitrogen and oxygen atoms in total. The summed E-state index contributed by atoms with van der Waals surface area (Å²) in [5.74, 6) is -1.60. The fourth-order valence-corrected chi connectivity index (χ4v) is 2.47. The normalized spacial score (nSPS) is 12.3. The molecule has 18 heavy (non-hydrogen) atoms. The summed E-state index contributed by atoms with van der Waals surface area (Å²) in [4.78, 5) is 15.1. The maximum atomic E-state index is 13.1. The molecule has 5 heteroatoms. The molecule has 0 spiro atoms. The van der Waals surface area contributed by atoms with E-state index in [-0.39, 0.29) is 5.82 Å². The molecule has 1 heterocycles. The molecule has 1 N–H and O–H groups in total. The summed E-state index contributed by atoms with van der Waals surface area (Å²) >= 11 is 1.40. The lowest BCUT2D eigenvalue weighted by Crippen LogP contribution is -2.11. The second-order valence-corrected chi connectivity index (χ2v) is 5.02. The minimum Gasteiger partial charge on any atom is -0.481 e. The second-order valence-electron chi connectivity index (χ2n) is 4.08. The Labute approximate surface area is 108 Å². The molecule has 0 bridgehead atoms. The van der Waals surface area contributed by atoms with Crippen molar-refractivity contribution in [3.8, 4) is 11.3 Å². The van der Waals surface area contributed by atoms with Gasteiger partial charge in [0.1, 0.15) is 5.82 Å². The molecule has 2 rings (SSSR count). The first-order chi connectivity index (χ1) is 8.56. The van der Waals surface area contributed by atoms with Gasteiger partial charge in [0.25, 0.3) is 0 Å². The minimum atomic E-state index is -0.836. The highest BCUT2D eigenvalue weighted by molar-refractivity contribution is 7.09. The lowest BCUT2D eigenvalue weighted by Gasteiger charge is -2.01. The first-order valence-corrected chi connectivity index (χ1v) is 6.37. The number of benzene rings is 1. The van der Waals surface area contributed by atoms with Crippen molar-refractivity contribution in [1.29, 1.82) is 0 Å². The Balaban J connectivity index is 2.18. The molecule has 1 atom stereocenters. The molecule has 1 aromatic heterocycles. The first kappa shape index (κ1) is 12.7. The maximum absolute atomic E-state index is 13.1. The highest BCUT2D eigenvalue weighted by Crippen LogP contribution is 2.24. The summed E-state index contributed by atoms with van der Waals surface area (Å²) in [5, 5.41) is 11.4. The van der Waals surface area contributed by atoms with Crippen molar-refractivity contribution < 1.29 is 14.3 Å². The molecule has 0 fully saturated rings. The molecule has 0 amide bonds. The van der Waals surface area contributed by atoms with Gasteiger partial charge in [0.2, 0.25) is 0 Å². The topological polar surface area (TPSA) is 50.2 Å². The van der Waals surface area contributed by atoms with E-state index in [0.717, 1.165) is 5.01 Å². The average Bonchev–Trinajstić information content (AvgIpc) is 2.77. The number of rotatable bonds is 4. The van der Waals surface area contributed by atoms with E-state index in [0.29, 0.717) is 17.7 Å². The first-order valence-electron chi connectivity index (χ1n) is 5.49. The van der Waals surface area contributed by atoms with Gasteiger partial charge in [0.05, 0.1) is 16.6 Å². The van der Waals surface area contributed by atoms with Gasteiger partial charge in [-0.15, -0.1) is 11.3 Å². The van der Waals surface area contributed by atoms with Crippen LogP contribution in [-0.2, 0) is 11.2 Å². The minimum absolute atomic E-state index is 0.305. The van der Waals surface area contributed by atoms with Crippen LogP contribution in [0.4, 0.5) is 4.39 Å². The second kappa shape index (κ2) is 5.27. The maximum Gasteiger partial charge on any atom is 0.306 e. The largest absolute Gasteiger partial charge is 0.481 e. The van der Waals surface area contributed by atoms with Crippen LogP contribution in [0, 0.1) is 11.7 Å². The summed E-state index contributed by atoms with van der Waals surface area (Å²) in [6.45, 7) is 1.64. The van der Waals surface area contributed by atoms with Crippen LogP contribution in [0.15, 0.2) is 29.6 Å². The monoisotopic (exact) mass is 265 g/mol. The number of thiazole rings is 1. The van der Waals surface area contributed by atoms with Gasteiger partial charge >= 0.3 is 5.97 Å². The lowest BCUT2D eigenvalue weighted by molar-refractivity contribution is -0.141. The Morgan fingerprint density at radius 3 is 3.00 bits per heavy atom. The van der Waals surface area contributed by atoms with E-state index in [1.165, 1.54) is 23.5 Å². The molecule has 1 unspecified atom stereocenters. The third kappa shape index (κ3) is 2.92. The lowest BCUT2D eigenvalue weighted by atomic mass is 10.1. The Morgan fingerprint density at radius 2 is 2.33 bits per heavy atom. The van der Waals surface area contributed by atoms with E-state index in [2.05, 4.69) is 4.98 Å². The van der Waals surface area contributed by atoms with Gasteiger partial charge in [0, 0.05) is 17.4 Å². The Kier molecular flexibility index (Phi) is 3.72. The van der Waals surface area contributed by atoms with Crippen molar-refractivity contribution in [2.45, 2.75) is 13.3 Å². The number of aliphatic carboxylic acids is 1. The SMILES string of the molecule is CC(Cc1nc(-c2cccc(F)c2)cs1)C(=O)O. The van der Waals surface area contributed by atoms with E-state index in [4.69, 9.17) is 5.11 Å². The number of aromatic nitrogens is 1. The van der Waals surface area contributed by atoms with E-state index in [9.17, 15) is 9.18 Å². The van der Waals surface area contributed by atoms with E-state index >= 15 is 0 Å². The number of nitrogens with zero attached hydrogens (tertiary/aromatic N) is 1. The van der Waals surface area contributed by atoms with Crippen LogP contribution >= 0.6 is 11.3 Å². The molecular formula is C13H12FNO2S. The van der Waals surface area contributed by atoms with Gasteiger partial charge < -0.3 is 5.11 Å². The predicted octanol–water partition coefficient (Wildman–Crippen LogP) is 3.21. The third-order valence-electron chi connectivity index (χ3n) is 2.57. The smallest absolute Gasteiger partial charge is 0.306 e.